The number of nitrogens with zero attached hydrogens (tertiary/aromatic N) is 1. The number of halogens is 1. The highest BCUT2D eigenvalue weighted by Gasteiger charge is 2.41. The first kappa shape index (κ1) is 9.90. The highest BCUT2D eigenvalue weighted by atomic mass is 35.5. The molecule has 0 unspecified atom stereocenters. The Morgan fingerprint density at radius 3 is 2.79 bits per heavy atom. The SMILES string of the molecule is Cc1cc(C2(N)CC(O)C2)cnc1Cl. The van der Waals surface area contributed by atoms with Crippen molar-refractivity contribution in [1.82, 2.24) is 4.98 Å². The maximum absolute atomic E-state index is 9.24. The van der Waals surface area contributed by atoms with Gasteiger partial charge in [-0.2, -0.15) is 0 Å². The van der Waals surface area contributed by atoms with Gasteiger partial charge >= 0.3 is 0 Å². The molecule has 1 aromatic rings. The lowest BCUT2D eigenvalue weighted by Crippen LogP contribution is -2.51. The summed E-state index contributed by atoms with van der Waals surface area (Å²) in [4.78, 5) is 4.06. The van der Waals surface area contributed by atoms with Gasteiger partial charge in [-0.1, -0.05) is 11.6 Å². The summed E-state index contributed by atoms with van der Waals surface area (Å²) in [7, 11) is 0. The van der Waals surface area contributed by atoms with Crippen LogP contribution in [0.2, 0.25) is 5.15 Å². The first-order chi connectivity index (χ1) is 6.51. The summed E-state index contributed by atoms with van der Waals surface area (Å²) < 4.78 is 0. The molecule has 1 heterocycles. The first-order valence-corrected chi connectivity index (χ1v) is 4.99. The van der Waals surface area contributed by atoms with E-state index in [0.717, 1.165) is 11.1 Å². The minimum Gasteiger partial charge on any atom is -0.393 e. The Bertz CT molecular complexity index is 361. The minimum absolute atomic E-state index is 0.268. The summed E-state index contributed by atoms with van der Waals surface area (Å²) in [5.41, 5.74) is 7.58. The molecule has 1 aliphatic rings. The topological polar surface area (TPSA) is 59.1 Å². The second-order valence-electron chi connectivity index (χ2n) is 4.05. The predicted molar refractivity (Wildman–Crippen MR) is 55.1 cm³/mol. The summed E-state index contributed by atoms with van der Waals surface area (Å²) >= 11 is 5.82. The Balaban J connectivity index is 2.29. The molecule has 3 nitrogen and oxygen atoms in total. The molecule has 0 spiro atoms. The smallest absolute Gasteiger partial charge is 0.131 e. The van der Waals surface area contributed by atoms with Crippen LogP contribution in [0.15, 0.2) is 12.3 Å². The van der Waals surface area contributed by atoms with E-state index in [1.807, 2.05) is 13.0 Å². The predicted octanol–water partition coefficient (Wildman–Crippen LogP) is 1.35. The van der Waals surface area contributed by atoms with Crippen molar-refractivity contribution < 1.29 is 5.11 Å². The quantitative estimate of drug-likeness (QED) is 0.691. The van der Waals surface area contributed by atoms with Gasteiger partial charge in [-0.3, -0.25) is 0 Å². The fourth-order valence-corrected chi connectivity index (χ4v) is 1.95. The van der Waals surface area contributed by atoms with Gasteiger partial charge in [-0.15, -0.1) is 0 Å². The van der Waals surface area contributed by atoms with Gasteiger partial charge in [0.05, 0.1) is 6.10 Å². The molecule has 3 N–H and O–H groups in total. The molecule has 0 amide bonds. The molecule has 0 bridgehead atoms. The fourth-order valence-electron chi connectivity index (χ4n) is 1.85. The van der Waals surface area contributed by atoms with Crippen LogP contribution in [0.25, 0.3) is 0 Å². The lowest BCUT2D eigenvalue weighted by molar-refractivity contribution is 0.0207. The van der Waals surface area contributed by atoms with Crippen LogP contribution < -0.4 is 5.73 Å². The Morgan fingerprint density at radius 1 is 1.64 bits per heavy atom. The van der Waals surface area contributed by atoms with Crippen LogP contribution in [-0.2, 0) is 5.54 Å². The number of aryl methyl sites for hydroxylation is 1. The molecule has 0 aromatic carbocycles. The molecular weight excluding hydrogens is 200 g/mol. The average molecular weight is 213 g/mol. The summed E-state index contributed by atoms with van der Waals surface area (Å²) in [6.45, 7) is 1.90. The Labute approximate surface area is 87.9 Å². The summed E-state index contributed by atoms with van der Waals surface area (Å²) in [5, 5.41) is 9.75. The van der Waals surface area contributed by atoms with Crippen molar-refractivity contribution in [3.63, 3.8) is 0 Å². The van der Waals surface area contributed by atoms with Crippen LogP contribution in [0.5, 0.6) is 0 Å². The molecular formula is C10H13ClN2O. The van der Waals surface area contributed by atoms with E-state index in [0.29, 0.717) is 18.0 Å². The number of aliphatic hydroxyl groups excluding tert-OH is 1. The van der Waals surface area contributed by atoms with Crippen molar-refractivity contribution in [2.24, 2.45) is 5.73 Å². The van der Waals surface area contributed by atoms with E-state index in [4.69, 9.17) is 17.3 Å². The second-order valence-corrected chi connectivity index (χ2v) is 4.41. The van der Waals surface area contributed by atoms with Crippen molar-refractivity contribution in [3.05, 3.63) is 28.5 Å². The number of hydrogen-bond donors (Lipinski definition) is 2. The molecule has 1 fully saturated rings. The van der Waals surface area contributed by atoms with E-state index in [-0.39, 0.29) is 6.10 Å². The van der Waals surface area contributed by atoms with Gasteiger partial charge in [0.15, 0.2) is 0 Å². The van der Waals surface area contributed by atoms with Crippen LogP contribution >= 0.6 is 11.6 Å². The van der Waals surface area contributed by atoms with Gasteiger partial charge in [0.25, 0.3) is 0 Å². The van der Waals surface area contributed by atoms with Gasteiger partial charge in [-0.25, -0.2) is 4.98 Å². The Hall–Kier alpha value is -0.640. The first-order valence-electron chi connectivity index (χ1n) is 4.61. The number of rotatable bonds is 1. The van der Waals surface area contributed by atoms with Crippen LogP contribution in [0.1, 0.15) is 24.0 Å². The van der Waals surface area contributed by atoms with Crippen molar-refractivity contribution >= 4 is 11.6 Å². The molecule has 1 aromatic heterocycles. The van der Waals surface area contributed by atoms with Gasteiger partial charge in [0.1, 0.15) is 5.15 Å². The third-order valence-electron chi connectivity index (χ3n) is 2.79. The number of nitrogens with two attached hydrogens (primary N) is 1. The number of pyridine rings is 1. The summed E-state index contributed by atoms with van der Waals surface area (Å²) in [6, 6.07) is 1.95. The van der Waals surface area contributed by atoms with Crippen molar-refractivity contribution in [2.45, 2.75) is 31.4 Å². The second kappa shape index (κ2) is 3.19. The third-order valence-corrected chi connectivity index (χ3v) is 3.18. The number of aliphatic hydroxyl groups is 1. The molecule has 0 saturated heterocycles. The van der Waals surface area contributed by atoms with E-state index >= 15 is 0 Å². The maximum Gasteiger partial charge on any atom is 0.131 e. The van der Waals surface area contributed by atoms with Crippen molar-refractivity contribution in [2.75, 3.05) is 0 Å². The molecule has 14 heavy (non-hydrogen) atoms. The summed E-state index contributed by atoms with van der Waals surface area (Å²) in [5.74, 6) is 0. The lowest BCUT2D eigenvalue weighted by atomic mass is 9.71. The average Bonchev–Trinajstić information content (AvgIpc) is 2.07. The molecule has 0 atom stereocenters. The van der Waals surface area contributed by atoms with Gasteiger partial charge in [0, 0.05) is 11.7 Å². The zero-order valence-electron chi connectivity index (χ0n) is 8.00. The highest BCUT2D eigenvalue weighted by Crippen LogP contribution is 2.39. The molecule has 0 radical (unpaired) electrons. The molecule has 0 aliphatic heterocycles. The zero-order chi connectivity index (χ0) is 10.3. The normalized spacial score (nSPS) is 31.3. The van der Waals surface area contributed by atoms with E-state index in [9.17, 15) is 5.11 Å². The van der Waals surface area contributed by atoms with Gasteiger partial charge < -0.3 is 10.8 Å². The van der Waals surface area contributed by atoms with Crippen LogP contribution in [-0.4, -0.2) is 16.2 Å². The Kier molecular flexibility index (Phi) is 2.26. The van der Waals surface area contributed by atoms with Crippen molar-refractivity contribution in [3.8, 4) is 0 Å². The largest absolute Gasteiger partial charge is 0.393 e. The molecule has 1 saturated carbocycles. The van der Waals surface area contributed by atoms with E-state index in [1.54, 1.807) is 6.20 Å². The maximum atomic E-state index is 9.24. The molecule has 2 rings (SSSR count). The van der Waals surface area contributed by atoms with E-state index < -0.39 is 5.54 Å². The highest BCUT2D eigenvalue weighted by molar-refractivity contribution is 6.30. The third kappa shape index (κ3) is 1.52. The Morgan fingerprint density at radius 2 is 2.29 bits per heavy atom. The number of hydrogen-bond acceptors (Lipinski definition) is 3. The monoisotopic (exact) mass is 212 g/mol. The molecule has 1 aliphatic carbocycles. The van der Waals surface area contributed by atoms with Crippen LogP contribution in [0.4, 0.5) is 0 Å². The lowest BCUT2D eigenvalue weighted by Gasteiger charge is -2.42. The van der Waals surface area contributed by atoms with E-state index in [1.165, 1.54) is 0 Å². The summed E-state index contributed by atoms with van der Waals surface area (Å²) in [6.07, 6.45) is 2.64. The van der Waals surface area contributed by atoms with Crippen LogP contribution in [0.3, 0.4) is 0 Å². The fraction of sp³-hybridized carbons (Fsp3) is 0.500. The van der Waals surface area contributed by atoms with Crippen molar-refractivity contribution in [1.29, 1.82) is 0 Å². The van der Waals surface area contributed by atoms with Crippen LogP contribution in [0, 0.1) is 6.92 Å². The minimum atomic E-state index is -0.401. The molecule has 4 heteroatoms. The zero-order valence-corrected chi connectivity index (χ0v) is 8.75. The van der Waals surface area contributed by atoms with Gasteiger partial charge in [0.2, 0.25) is 0 Å². The van der Waals surface area contributed by atoms with E-state index in [2.05, 4.69) is 4.98 Å². The van der Waals surface area contributed by atoms with Gasteiger partial charge in [-0.05, 0) is 37.0 Å². The number of aromatic nitrogens is 1. The molecule has 76 valence electrons. The standard InChI is InChI=1S/C10H13ClN2O/c1-6-2-7(5-13-9(6)11)10(12)3-8(14)4-10/h2,5,8,14H,3-4,12H2,1H3.